The van der Waals surface area contributed by atoms with Crippen LogP contribution in [0.3, 0.4) is 0 Å². The van der Waals surface area contributed by atoms with E-state index in [9.17, 15) is 36.7 Å². The Morgan fingerprint density at radius 3 is 0.972 bits per heavy atom. The first-order valence-electron chi connectivity index (χ1n) is 31.2. The fraction of sp³-hybridized carbons (Fsp3) is 0.135. The van der Waals surface area contributed by atoms with E-state index in [0.717, 1.165) is 37.0 Å². The summed E-state index contributed by atoms with van der Waals surface area (Å²) >= 11 is 26.6. The van der Waals surface area contributed by atoms with E-state index in [1.54, 1.807) is 122 Å². The monoisotopic (exact) mass is 1630 g/mol. The molecular weight excluding hydrogens is 1570 g/mol. The number of alkyl halides is 1. The highest BCUT2D eigenvalue weighted by atomic mass is 79.9. The largest absolute Gasteiger partial charge is 0.294 e. The third-order valence-corrected chi connectivity index (χ3v) is 19.4. The highest BCUT2D eigenvalue weighted by Gasteiger charge is 2.26. The van der Waals surface area contributed by atoms with E-state index in [-0.39, 0.29) is 53.0 Å². The molecule has 0 aliphatic carbocycles. The van der Waals surface area contributed by atoms with Crippen LogP contribution >= 0.6 is 97.8 Å². The summed E-state index contributed by atoms with van der Waals surface area (Å²) in [6.07, 6.45) is 14.3. The number of ketones is 1. The summed E-state index contributed by atoms with van der Waals surface area (Å²) in [7, 11) is 5.87. The number of halogens is 8. The van der Waals surface area contributed by atoms with Crippen molar-refractivity contribution in [2.75, 3.05) is 53.3 Å². The molecule has 0 fully saturated rings. The van der Waals surface area contributed by atoms with Crippen LogP contribution in [0.2, 0.25) is 10.0 Å². The molecule has 2 amide bonds. The molecule has 20 nitrogen and oxygen atoms in total. The van der Waals surface area contributed by atoms with Gasteiger partial charge in [-0.1, -0.05) is 123 Å². The van der Waals surface area contributed by atoms with E-state index < -0.39 is 5.24 Å². The second-order valence-corrected chi connectivity index (χ2v) is 26.9. The summed E-state index contributed by atoms with van der Waals surface area (Å²) in [6, 6.07) is 45.3. The van der Waals surface area contributed by atoms with Gasteiger partial charge < -0.3 is 0 Å². The smallest absolute Gasteiger partial charge is 0.292 e. The summed E-state index contributed by atoms with van der Waals surface area (Å²) in [5.74, 6) is -2.19. The molecule has 14 aromatic rings. The van der Waals surface area contributed by atoms with Gasteiger partial charge in [0.25, 0.3) is 17.1 Å². The highest BCUT2D eigenvalue weighted by Crippen LogP contribution is 2.32. The Kier molecular flexibility index (Phi) is 27.3. The number of carbonyl (C=O) groups excluding carboxylic acids is 4. The van der Waals surface area contributed by atoms with E-state index in [2.05, 4.69) is 55.8 Å². The van der Waals surface area contributed by atoms with Gasteiger partial charge in [0.15, 0.2) is 26.4 Å². The van der Waals surface area contributed by atoms with Crippen LogP contribution in [0.5, 0.6) is 0 Å². The molecule has 14 rings (SSSR count). The average Bonchev–Trinajstić information content (AvgIpc) is 1.62. The first-order valence-corrected chi connectivity index (χ1v) is 38.4. The number of thioether (sulfide) groups is 4. The van der Waals surface area contributed by atoms with Gasteiger partial charge in [0, 0.05) is 105 Å². The first kappa shape index (κ1) is 79.0. The number of benzene rings is 6. The molecule has 0 aliphatic rings. The number of rotatable bonds is 17. The molecule has 8 heterocycles. The van der Waals surface area contributed by atoms with Crippen LogP contribution in [-0.4, -0.2) is 144 Å². The van der Waals surface area contributed by atoms with Gasteiger partial charge in [0.2, 0.25) is 0 Å². The number of hydrogen-bond donors (Lipinski definition) is 0. The topological polar surface area (TPSA) is 216 Å². The van der Waals surface area contributed by atoms with Crippen LogP contribution in [0.15, 0.2) is 215 Å². The lowest BCUT2D eigenvalue weighted by atomic mass is 10.1. The van der Waals surface area contributed by atoms with Crippen LogP contribution in [-0.2, 0) is 21.4 Å². The molecule has 0 aliphatic heterocycles. The van der Waals surface area contributed by atoms with Crippen LogP contribution in [0.25, 0.3) is 66.9 Å². The molecule has 8 aromatic heterocycles. The Balaban J connectivity index is 0.000000146. The van der Waals surface area contributed by atoms with Gasteiger partial charge in [-0.25, -0.2) is 67.6 Å². The fourth-order valence-corrected chi connectivity index (χ4v) is 12.9. The van der Waals surface area contributed by atoms with Crippen molar-refractivity contribution in [3.63, 3.8) is 0 Å². The molecule has 0 atom stereocenters. The van der Waals surface area contributed by atoms with Crippen molar-refractivity contribution >= 4 is 165 Å². The molecule has 0 unspecified atom stereocenters. The van der Waals surface area contributed by atoms with Crippen molar-refractivity contribution in [3.05, 3.63) is 262 Å². The van der Waals surface area contributed by atoms with Crippen molar-refractivity contribution < 1.29 is 46.4 Å². The average molecular weight is 1630 g/mol. The number of fused-ring (bicyclic) bond motifs is 4. The Morgan fingerprint density at radius 2 is 0.698 bits per heavy atom. The van der Waals surface area contributed by atoms with Crippen molar-refractivity contribution in [2.24, 2.45) is 0 Å². The number of Topliss-reactive ketones (excluding diaryl/α,β-unsaturated/α-hetero) is 1. The zero-order valence-electron chi connectivity index (χ0n) is 57.3. The predicted octanol–water partition coefficient (Wildman–Crippen LogP) is 18.1. The molecule has 0 spiro atoms. The normalized spacial score (nSPS) is 10.9. The summed E-state index contributed by atoms with van der Waals surface area (Å²) < 4.78 is 59.8. The van der Waals surface area contributed by atoms with Gasteiger partial charge in [0.1, 0.15) is 62.9 Å². The van der Waals surface area contributed by atoms with E-state index in [1.807, 2.05) is 67.5 Å². The van der Waals surface area contributed by atoms with Gasteiger partial charge in [-0.05, 0) is 181 Å². The van der Waals surface area contributed by atoms with E-state index in [0.29, 0.717) is 104 Å². The Hall–Kier alpha value is -9.53. The van der Waals surface area contributed by atoms with Crippen LogP contribution in [0.4, 0.5) is 17.6 Å². The second kappa shape index (κ2) is 36.7. The van der Waals surface area contributed by atoms with Gasteiger partial charge in [-0.2, -0.15) is 0 Å². The summed E-state index contributed by atoms with van der Waals surface area (Å²) in [5.41, 5.74) is 8.17. The molecule has 32 heteroatoms. The lowest BCUT2D eigenvalue weighted by molar-refractivity contribution is -0.0761. The Morgan fingerprint density at radius 1 is 0.425 bits per heavy atom. The van der Waals surface area contributed by atoms with Crippen molar-refractivity contribution in [1.29, 1.82) is 0 Å². The molecule has 106 heavy (non-hydrogen) atoms. The number of hydroxylamine groups is 4. The van der Waals surface area contributed by atoms with Gasteiger partial charge in [0.05, 0.1) is 19.9 Å². The van der Waals surface area contributed by atoms with Crippen LogP contribution in [0, 0.1) is 23.3 Å². The number of hydrogen-bond acceptors (Lipinski definition) is 18. The van der Waals surface area contributed by atoms with Crippen LogP contribution in [0.1, 0.15) is 53.1 Å². The Labute approximate surface area is 644 Å². The summed E-state index contributed by atoms with van der Waals surface area (Å²) in [5, 5.41) is 9.05. The zero-order chi connectivity index (χ0) is 75.9. The standard InChI is InChI=1S/C21H15ClFN3OS.2C16H15FN4O2S.C14H9ClFN3OS.C7H6BrCl/c1-28-21-24-12-14-10-18(19(27)11-13-4-2-3-5-17(13)22)26(20(14)25-21)16-8-6-15(23)7-9-16;2*1-20(23-2)15(22)13-8-10-9-18-16(24-3)19-14(10)21(13)12-6-4-11(17)5-7-12;1-21-14-17-7-8-6-11(12(15)20)19(13(8)18-14)10-4-2-9(16)3-5-10;8-5-6-3-1-2-4-7(6)9/h2-10,12H,11H2,1H3;2*4-9H,1-3H3;2-7H,1H3;1-4H,5H2. The number of nitrogens with zero attached hydrogens (tertiary/aromatic N) is 14. The van der Waals surface area contributed by atoms with Crippen molar-refractivity contribution in [1.82, 2.24) is 68.3 Å². The number of aromatic nitrogens is 12. The number of amides is 2. The van der Waals surface area contributed by atoms with Gasteiger partial charge in [-0.3, -0.25) is 47.1 Å². The minimum absolute atomic E-state index is 0.110. The first-order chi connectivity index (χ1) is 51.1. The minimum atomic E-state index is -0.608. The predicted molar refractivity (Wildman–Crippen MR) is 414 cm³/mol. The maximum atomic E-state index is 13.4. The number of carbonyl (C=O) groups is 4. The molecule has 0 N–H and O–H groups in total. The second-order valence-electron chi connectivity index (χ2n) is 22.1. The van der Waals surface area contributed by atoms with Crippen LogP contribution < -0.4 is 0 Å². The third-order valence-electron chi connectivity index (χ3n) is 15.6. The third kappa shape index (κ3) is 18.6. The van der Waals surface area contributed by atoms with E-state index in [4.69, 9.17) is 44.5 Å². The molecule has 0 radical (unpaired) electrons. The van der Waals surface area contributed by atoms with E-state index >= 15 is 0 Å². The quantitative estimate of drug-likeness (QED) is 0.0157. The SMILES string of the molecule is CON(C)C(=O)c1cc2cnc(SC)nc2n1-c1ccc(F)cc1.CON(C)C(=O)c1cc2cnc(SC)nc2n1-c1ccc(F)cc1.CSc1ncc2cc(C(=O)Cc3ccccc3Cl)n(-c3ccc(F)cc3)c2n1.CSc1ncc2cc(C(=O)Cl)n(-c3ccc(F)cc3)c2n1.Clc1ccccc1CBr. The molecule has 0 saturated carbocycles. The molecular formula is C74H60BrCl3F4N14O6S4. The highest BCUT2D eigenvalue weighted by molar-refractivity contribution is 9.08. The van der Waals surface area contributed by atoms with Crippen molar-refractivity contribution in [3.8, 4) is 22.7 Å². The molecule has 0 saturated heterocycles. The van der Waals surface area contributed by atoms with Crippen molar-refractivity contribution in [2.45, 2.75) is 32.4 Å². The summed E-state index contributed by atoms with van der Waals surface area (Å²) in [6.45, 7) is 0. The maximum absolute atomic E-state index is 13.4. The zero-order valence-corrected chi connectivity index (χ0v) is 64.4. The fourth-order valence-electron chi connectivity index (χ4n) is 10.4. The minimum Gasteiger partial charge on any atom is -0.292 e. The molecule has 542 valence electrons. The summed E-state index contributed by atoms with van der Waals surface area (Å²) in [4.78, 5) is 94.9. The lowest BCUT2D eigenvalue weighted by Crippen LogP contribution is -2.27. The maximum Gasteiger partial charge on any atom is 0.294 e. The molecule has 0 bridgehead atoms. The van der Waals surface area contributed by atoms with E-state index in [1.165, 1.54) is 124 Å². The Bertz CT molecular complexity index is 5350. The lowest BCUT2D eigenvalue weighted by Gasteiger charge is -2.15. The van der Waals surface area contributed by atoms with Gasteiger partial charge >= 0.3 is 0 Å². The van der Waals surface area contributed by atoms with Gasteiger partial charge in [-0.15, -0.1) is 0 Å². The molecule has 6 aromatic carbocycles.